The van der Waals surface area contributed by atoms with E-state index >= 15 is 0 Å². The number of nitrogens with one attached hydrogen (secondary N) is 1. The topological polar surface area (TPSA) is 81.9 Å². The van der Waals surface area contributed by atoms with E-state index in [1.165, 1.54) is 0 Å². The molecule has 4 rings (SSSR count). The first-order valence-electron chi connectivity index (χ1n) is 9.64. The van der Waals surface area contributed by atoms with Gasteiger partial charge in [0.1, 0.15) is 0 Å². The van der Waals surface area contributed by atoms with Crippen LogP contribution in [0.1, 0.15) is 34.5 Å². The van der Waals surface area contributed by atoms with Gasteiger partial charge in [0, 0.05) is 36.1 Å². The van der Waals surface area contributed by atoms with Crippen molar-refractivity contribution in [3.8, 4) is 17.2 Å². The summed E-state index contributed by atoms with van der Waals surface area (Å²) in [6, 6.07) is 17.0. The number of nitriles is 1. The Morgan fingerprint density at radius 1 is 1.14 bits per heavy atom. The van der Waals surface area contributed by atoms with Gasteiger partial charge >= 0.3 is 0 Å². The number of rotatable bonds is 4. The molecule has 6 nitrogen and oxygen atoms in total. The largest absolute Gasteiger partial charge is 0.339 e. The van der Waals surface area contributed by atoms with E-state index in [4.69, 9.17) is 5.26 Å². The zero-order chi connectivity index (χ0) is 20.2. The summed E-state index contributed by atoms with van der Waals surface area (Å²) in [6.07, 6.45) is 3.89. The minimum atomic E-state index is 0.0657. The molecule has 0 spiro atoms. The Labute approximate surface area is 169 Å². The van der Waals surface area contributed by atoms with Crippen LogP contribution in [0.15, 0.2) is 54.7 Å². The Hall–Kier alpha value is -3.72. The van der Waals surface area contributed by atoms with Crippen molar-refractivity contribution in [3.63, 3.8) is 0 Å². The summed E-state index contributed by atoms with van der Waals surface area (Å²) in [5, 5.41) is 12.3. The highest BCUT2D eigenvalue weighted by Gasteiger charge is 2.19. The van der Waals surface area contributed by atoms with Crippen LogP contribution in [0.2, 0.25) is 0 Å². The second-order valence-corrected chi connectivity index (χ2v) is 7.09. The molecule has 144 valence electrons. The van der Waals surface area contributed by atoms with Crippen molar-refractivity contribution in [1.29, 1.82) is 5.26 Å². The fourth-order valence-electron chi connectivity index (χ4n) is 3.53. The fraction of sp³-hybridized carbons (Fsp3) is 0.217. The van der Waals surface area contributed by atoms with Gasteiger partial charge < -0.3 is 10.2 Å². The normalized spacial score (nSPS) is 13.2. The molecule has 0 radical (unpaired) electrons. The van der Waals surface area contributed by atoms with Crippen molar-refractivity contribution in [3.05, 3.63) is 71.5 Å². The van der Waals surface area contributed by atoms with Gasteiger partial charge in [-0.15, -0.1) is 0 Å². The summed E-state index contributed by atoms with van der Waals surface area (Å²) in [5.74, 6) is 0.532. The highest BCUT2D eigenvalue weighted by atomic mass is 16.2. The maximum atomic E-state index is 12.6. The third-order valence-electron chi connectivity index (χ3n) is 5.04. The lowest BCUT2D eigenvalue weighted by molar-refractivity contribution is 0.0793. The van der Waals surface area contributed by atoms with Crippen molar-refractivity contribution in [1.82, 2.24) is 14.9 Å². The van der Waals surface area contributed by atoms with Crippen molar-refractivity contribution in [2.75, 3.05) is 18.4 Å². The Balaban J connectivity index is 1.54. The van der Waals surface area contributed by atoms with Gasteiger partial charge in [0.2, 0.25) is 5.95 Å². The van der Waals surface area contributed by atoms with Gasteiger partial charge in [-0.2, -0.15) is 5.26 Å². The standard InChI is InChI=1S/C23H21N5O/c1-16-21(18-7-4-6-17(12-18)14-24)15-25-23(26-16)27-20-9-5-8-19(13-20)22(29)28-10-2-3-11-28/h4-9,12-13,15H,2-3,10-11H2,1H3,(H,25,26,27). The summed E-state index contributed by atoms with van der Waals surface area (Å²) in [5.41, 5.74) is 4.63. The van der Waals surface area contributed by atoms with Crippen LogP contribution in [-0.2, 0) is 0 Å². The molecule has 1 aliphatic heterocycles. The molecule has 0 aliphatic carbocycles. The molecule has 1 saturated heterocycles. The molecule has 1 amide bonds. The van der Waals surface area contributed by atoms with Crippen LogP contribution in [0.5, 0.6) is 0 Å². The van der Waals surface area contributed by atoms with Crippen molar-refractivity contribution in [2.24, 2.45) is 0 Å². The molecule has 1 fully saturated rings. The van der Waals surface area contributed by atoms with Crippen LogP contribution in [0.3, 0.4) is 0 Å². The summed E-state index contributed by atoms with van der Waals surface area (Å²) < 4.78 is 0. The number of aromatic nitrogens is 2. The lowest BCUT2D eigenvalue weighted by Crippen LogP contribution is -2.27. The average molecular weight is 383 g/mol. The molecule has 0 atom stereocenters. The van der Waals surface area contributed by atoms with Crippen molar-refractivity contribution in [2.45, 2.75) is 19.8 Å². The summed E-state index contributed by atoms with van der Waals surface area (Å²) in [6.45, 7) is 3.56. The summed E-state index contributed by atoms with van der Waals surface area (Å²) in [7, 11) is 0. The molecule has 29 heavy (non-hydrogen) atoms. The molecule has 6 heteroatoms. The Bertz CT molecular complexity index is 1100. The highest BCUT2D eigenvalue weighted by molar-refractivity contribution is 5.95. The molecule has 1 aromatic heterocycles. The number of amides is 1. The van der Waals surface area contributed by atoms with Crippen LogP contribution in [0, 0.1) is 18.3 Å². The second-order valence-electron chi connectivity index (χ2n) is 7.09. The van der Waals surface area contributed by atoms with Gasteiger partial charge in [0.05, 0.1) is 17.3 Å². The number of carbonyl (C=O) groups excluding carboxylic acids is 1. The number of benzene rings is 2. The number of hydrogen-bond acceptors (Lipinski definition) is 5. The monoisotopic (exact) mass is 383 g/mol. The molecule has 3 aromatic rings. The summed E-state index contributed by atoms with van der Waals surface area (Å²) in [4.78, 5) is 23.5. The zero-order valence-electron chi connectivity index (χ0n) is 16.2. The van der Waals surface area contributed by atoms with Gasteiger partial charge in [-0.05, 0) is 55.7 Å². The van der Waals surface area contributed by atoms with Crippen LogP contribution in [0.25, 0.3) is 11.1 Å². The first kappa shape index (κ1) is 18.6. The SMILES string of the molecule is Cc1nc(Nc2cccc(C(=O)N3CCCC3)c2)ncc1-c1cccc(C#N)c1. The van der Waals surface area contributed by atoms with E-state index in [0.717, 1.165) is 48.4 Å². The Morgan fingerprint density at radius 3 is 2.69 bits per heavy atom. The van der Waals surface area contributed by atoms with E-state index in [1.807, 2.05) is 54.3 Å². The van der Waals surface area contributed by atoms with E-state index in [9.17, 15) is 4.79 Å². The first-order valence-corrected chi connectivity index (χ1v) is 9.64. The zero-order valence-corrected chi connectivity index (χ0v) is 16.2. The molecule has 0 unspecified atom stereocenters. The van der Waals surface area contributed by atoms with Gasteiger partial charge in [-0.3, -0.25) is 4.79 Å². The molecule has 2 heterocycles. The van der Waals surface area contributed by atoms with Crippen LogP contribution >= 0.6 is 0 Å². The van der Waals surface area contributed by atoms with E-state index in [-0.39, 0.29) is 5.91 Å². The van der Waals surface area contributed by atoms with Gasteiger partial charge in [-0.25, -0.2) is 9.97 Å². The third kappa shape index (κ3) is 4.09. The Morgan fingerprint density at radius 2 is 1.93 bits per heavy atom. The van der Waals surface area contributed by atoms with Gasteiger partial charge in [0.25, 0.3) is 5.91 Å². The average Bonchev–Trinajstić information content (AvgIpc) is 3.28. The maximum Gasteiger partial charge on any atom is 0.253 e. The minimum Gasteiger partial charge on any atom is -0.339 e. The lowest BCUT2D eigenvalue weighted by atomic mass is 10.0. The van der Waals surface area contributed by atoms with E-state index in [1.54, 1.807) is 12.3 Å². The van der Waals surface area contributed by atoms with Crippen LogP contribution < -0.4 is 5.32 Å². The first-order chi connectivity index (χ1) is 14.1. The van der Waals surface area contributed by atoms with Crippen molar-refractivity contribution >= 4 is 17.5 Å². The van der Waals surface area contributed by atoms with E-state index in [0.29, 0.717) is 17.1 Å². The molecule has 1 N–H and O–H groups in total. The molecule has 0 bridgehead atoms. The molecule has 1 aliphatic rings. The smallest absolute Gasteiger partial charge is 0.253 e. The molecular weight excluding hydrogens is 362 g/mol. The highest BCUT2D eigenvalue weighted by Crippen LogP contribution is 2.24. The number of carbonyl (C=O) groups is 1. The van der Waals surface area contributed by atoms with Crippen LogP contribution in [0.4, 0.5) is 11.6 Å². The number of aryl methyl sites for hydroxylation is 1. The second kappa shape index (κ2) is 8.11. The maximum absolute atomic E-state index is 12.6. The quantitative estimate of drug-likeness (QED) is 0.726. The number of anilines is 2. The summed E-state index contributed by atoms with van der Waals surface area (Å²) >= 11 is 0. The van der Waals surface area contributed by atoms with E-state index in [2.05, 4.69) is 21.4 Å². The lowest BCUT2D eigenvalue weighted by Gasteiger charge is -2.16. The van der Waals surface area contributed by atoms with Gasteiger partial charge in [0.15, 0.2) is 0 Å². The predicted molar refractivity (Wildman–Crippen MR) is 112 cm³/mol. The van der Waals surface area contributed by atoms with Crippen molar-refractivity contribution < 1.29 is 4.79 Å². The van der Waals surface area contributed by atoms with Gasteiger partial charge in [-0.1, -0.05) is 18.2 Å². The van der Waals surface area contributed by atoms with E-state index < -0.39 is 0 Å². The third-order valence-corrected chi connectivity index (χ3v) is 5.04. The molecular formula is C23H21N5O. The molecule has 0 saturated carbocycles. The Kier molecular flexibility index (Phi) is 5.21. The van der Waals surface area contributed by atoms with Crippen LogP contribution in [-0.4, -0.2) is 33.9 Å². The number of likely N-dealkylation sites (tertiary alicyclic amines) is 1. The number of nitrogens with zero attached hydrogens (tertiary/aromatic N) is 4. The minimum absolute atomic E-state index is 0.0657. The predicted octanol–water partition coefficient (Wildman–Crippen LogP) is 4.30. The number of hydrogen-bond donors (Lipinski definition) is 1. The molecule has 2 aromatic carbocycles. The fourth-order valence-corrected chi connectivity index (χ4v) is 3.53.